The van der Waals surface area contributed by atoms with Crippen LogP contribution in [0.3, 0.4) is 0 Å². The monoisotopic (exact) mass is 284 g/mol. The van der Waals surface area contributed by atoms with Crippen molar-refractivity contribution in [2.24, 2.45) is 0 Å². The number of hydrogen-bond acceptors (Lipinski definition) is 2. The molecule has 1 atom stereocenters. The fourth-order valence-corrected chi connectivity index (χ4v) is 1.67. The molecule has 1 rings (SSSR count). The Bertz CT molecular complexity index is 463. The number of carbonyl (C=O) groups is 1. The molecule has 20 heavy (non-hydrogen) atoms. The van der Waals surface area contributed by atoms with Crippen molar-refractivity contribution < 1.29 is 13.6 Å². The zero-order chi connectivity index (χ0) is 15.3. The Balaban J connectivity index is 2.48. The zero-order valence-electron chi connectivity index (χ0n) is 12.4. The standard InChI is InChI=1S/C15H22F2N2O/c1-10(2)19(4)9-15(20)18-8-11(3)12-5-6-13(16)14(17)7-12/h5-7,10-11H,8-9H2,1-4H3,(H,18,20). The van der Waals surface area contributed by atoms with E-state index in [1.807, 2.05) is 32.7 Å². The topological polar surface area (TPSA) is 32.3 Å². The SMILES string of the molecule is CC(CNC(=O)CN(C)C(C)C)c1ccc(F)c(F)c1. The maximum Gasteiger partial charge on any atom is 0.234 e. The molecule has 0 heterocycles. The number of rotatable bonds is 6. The highest BCUT2D eigenvalue weighted by Crippen LogP contribution is 2.17. The van der Waals surface area contributed by atoms with Crippen LogP contribution in [0.1, 0.15) is 32.3 Å². The van der Waals surface area contributed by atoms with Gasteiger partial charge in [-0.05, 0) is 44.5 Å². The average molecular weight is 284 g/mol. The van der Waals surface area contributed by atoms with E-state index in [4.69, 9.17) is 0 Å². The minimum Gasteiger partial charge on any atom is -0.354 e. The molecule has 0 saturated heterocycles. The summed E-state index contributed by atoms with van der Waals surface area (Å²) in [6.07, 6.45) is 0. The number of benzene rings is 1. The third-order valence-corrected chi connectivity index (χ3v) is 3.39. The van der Waals surface area contributed by atoms with Crippen LogP contribution in [0.2, 0.25) is 0 Å². The lowest BCUT2D eigenvalue weighted by Crippen LogP contribution is -2.39. The van der Waals surface area contributed by atoms with E-state index in [0.29, 0.717) is 24.7 Å². The number of nitrogens with one attached hydrogen (secondary N) is 1. The largest absolute Gasteiger partial charge is 0.354 e. The molecule has 0 aromatic heterocycles. The Morgan fingerprint density at radius 2 is 1.90 bits per heavy atom. The first-order valence-electron chi connectivity index (χ1n) is 6.73. The fraction of sp³-hybridized carbons (Fsp3) is 0.533. The Labute approximate surface area is 119 Å². The summed E-state index contributed by atoms with van der Waals surface area (Å²) >= 11 is 0. The summed E-state index contributed by atoms with van der Waals surface area (Å²) in [7, 11) is 1.88. The highest BCUT2D eigenvalue weighted by molar-refractivity contribution is 5.78. The van der Waals surface area contributed by atoms with Crippen LogP contribution >= 0.6 is 0 Å². The van der Waals surface area contributed by atoms with Crippen molar-refractivity contribution in [3.63, 3.8) is 0 Å². The lowest BCUT2D eigenvalue weighted by Gasteiger charge is -2.21. The predicted molar refractivity (Wildman–Crippen MR) is 75.5 cm³/mol. The molecule has 1 amide bonds. The maximum atomic E-state index is 13.1. The van der Waals surface area contributed by atoms with Crippen molar-refractivity contribution in [2.45, 2.75) is 32.7 Å². The molecule has 0 aliphatic heterocycles. The number of nitrogens with zero attached hydrogens (tertiary/aromatic N) is 1. The van der Waals surface area contributed by atoms with E-state index >= 15 is 0 Å². The number of carbonyl (C=O) groups excluding carboxylic acids is 1. The normalized spacial score (nSPS) is 12.8. The van der Waals surface area contributed by atoms with Gasteiger partial charge in [0, 0.05) is 12.6 Å². The number of amides is 1. The average Bonchev–Trinajstić information content (AvgIpc) is 2.39. The van der Waals surface area contributed by atoms with E-state index < -0.39 is 11.6 Å². The van der Waals surface area contributed by atoms with Crippen molar-refractivity contribution in [3.05, 3.63) is 35.4 Å². The van der Waals surface area contributed by atoms with Crippen LogP contribution in [-0.4, -0.2) is 37.0 Å². The molecule has 0 saturated carbocycles. The number of hydrogen-bond donors (Lipinski definition) is 1. The van der Waals surface area contributed by atoms with Gasteiger partial charge in [0.15, 0.2) is 11.6 Å². The molecule has 1 aromatic rings. The van der Waals surface area contributed by atoms with Crippen LogP contribution in [0, 0.1) is 11.6 Å². The van der Waals surface area contributed by atoms with E-state index in [0.717, 1.165) is 6.07 Å². The van der Waals surface area contributed by atoms with Crippen LogP contribution in [0.5, 0.6) is 0 Å². The molecule has 3 nitrogen and oxygen atoms in total. The first kappa shape index (κ1) is 16.6. The summed E-state index contributed by atoms with van der Waals surface area (Å²) in [6.45, 7) is 6.60. The lowest BCUT2D eigenvalue weighted by atomic mass is 10.0. The van der Waals surface area contributed by atoms with Gasteiger partial charge in [0.1, 0.15) is 0 Å². The highest BCUT2D eigenvalue weighted by Gasteiger charge is 2.12. The molecular weight excluding hydrogens is 262 g/mol. The van der Waals surface area contributed by atoms with Crippen LogP contribution in [0.4, 0.5) is 8.78 Å². The van der Waals surface area contributed by atoms with Crippen LogP contribution in [0.25, 0.3) is 0 Å². The van der Waals surface area contributed by atoms with Gasteiger partial charge in [-0.25, -0.2) is 8.78 Å². The van der Waals surface area contributed by atoms with Crippen molar-refractivity contribution in [2.75, 3.05) is 20.1 Å². The smallest absolute Gasteiger partial charge is 0.234 e. The number of likely N-dealkylation sites (N-methyl/N-ethyl adjacent to an activating group) is 1. The molecule has 5 heteroatoms. The van der Waals surface area contributed by atoms with E-state index in [-0.39, 0.29) is 11.8 Å². The van der Waals surface area contributed by atoms with E-state index in [2.05, 4.69) is 5.32 Å². The van der Waals surface area contributed by atoms with E-state index in [1.165, 1.54) is 12.1 Å². The van der Waals surface area contributed by atoms with Crippen molar-refractivity contribution in [1.82, 2.24) is 10.2 Å². The summed E-state index contributed by atoms with van der Waals surface area (Å²) in [5.74, 6) is -1.86. The second-order valence-corrected chi connectivity index (χ2v) is 5.39. The quantitative estimate of drug-likeness (QED) is 0.870. The zero-order valence-corrected chi connectivity index (χ0v) is 12.4. The molecule has 112 valence electrons. The van der Waals surface area contributed by atoms with Gasteiger partial charge in [-0.1, -0.05) is 13.0 Å². The van der Waals surface area contributed by atoms with Crippen molar-refractivity contribution in [3.8, 4) is 0 Å². The third kappa shape index (κ3) is 4.89. The van der Waals surface area contributed by atoms with Gasteiger partial charge in [0.2, 0.25) is 5.91 Å². The second kappa shape index (κ2) is 7.33. The van der Waals surface area contributed by atoms with E-state index in [9.17, 15) is 13.6 Å². The minimum atomic E-state index is -0.861. The number of halogens is 2. The van der Waals surface area contributed by atoms with Gasteiger partial charge in [-0.3, -0.25) is 9.69 Å². The summed E-state index contributed by atoms with van der Waals surface area (Å²) < 4.78 is 26.0. The molecule has 0 spiro atoms. The molecular formula is C15H22F2N2O. The summed E-state index contributed by atoms with van der Waals surface area (Å²) in [6, 6.07) is 4.11. The van der Waals surface area contributed by atoms with Crippen molar-refractivity contribution in [1.29, 1.82) is 0 Å². The van der Waals surface area contributed by atoms with Gasteiger partial charge >= 0.3 is 0 Å². The van der Waals surface area contributed by atoms with Gasteiger partial charge in [-0.15, -0.1) is 0 Å². The molecule has 0 aliphatic rings. The second-order valence-electron chi connectivity index (χ2n) is 5.39. The Morgan fingerprint density at radius 1 is 1.25 bits per heavy atom. The molecule has 0 fully saturated rings. The van der Waals surface area contributed by atoms with Gasteiger partial charge < -0.3 is 5.32 Å². The van der Waals surface area contributed by atoms with E-state index in [1.54, 1.807) is 0 Å². The summed E-state index contributed by atoms with van der Waals surface area (Å²) in [4.78, 5) is 13.7. The molecule has 1 N–H and O–H groups in total. The third-order valence-electron chi connectivity index (χ3n) is 3.39. The summed E-state index contributed by atoms with van der Waals surface area (Å²) in [5.41, 5.74) is 0.668. The Morgan fingerprint density at radius 3 is 2.45 bits per heavy atom. The fourth-order valence-electron chi connectivity index (χ4n) is 1.67. The maximum absolute atomic E-state index is 13.1. The highest BCUT2D eigenvalue weighted by atomic mass is 19.2. The molecule has 0 aliphatic carbocycles. The van der Waals surface area contributed by atoms with Crippen LogP contribution in [0.15, 0.2) is 18.2 Å². The van der Waals surface area contributed by atoms with Gasteiger partial charge in [-0.2, -0.15) is 0 Å². The molecule has 0 radical (unpaired) electrons. The molecule has 1 aromatic carbocycles. The Kier molecular flexibility index (Phi) is 6.07. The molecule has 1 unspecified atom stereocenters. The van der Waals surface area contributed by atoms with Gasteiger partial charge in [0.05, 0.1) is 6.54 Å². The van der Waals surface area contributed by atoms with Crippen LogP contribution in [-0.2, 0) is 4.79 Å². The van der Waals surface area contributed by atoms with Crippen molar-refractivity contribution >= 4 is 5.91 Å². The first-order valence-corrected chi connectivity index (χ1v) is 6.73. The molecule has 0 bridgehead atoms. The predicted octanol–water partition coefficient (Wildman–Crippen LogP) is 2.52. The van der Waals surface area contributed by atoms with Crippen LogP contribution < -0.4 is 5.32 Å². The first-order chi connectivity index (χ1) is 9.31. The minimum absolute atomic E-state index is 0.0709. The Hall–Kier alpha value is -1.49. The lowest BCUT2D eigenvalue weighted by molar-refractivity contribution is -0.122. The summed E-state index contributed by atoms with van der Waals surface area (Å²) in [5, 5.41) is 2.80. The van der Waals surface area contributed by atoms with Gasteiger partial charge in [0.25, 0.3) is 0 Å².